The van der Waals surface area contributed by atoms with E-state index in [0.29, 0.717) is 0 Å². The van der Waals surface area contributed by atoms with E-state index in [4.69, 9.17) is 0 Å². The summed E-state index contributed by atoms with van der Waals surface area (Å²) in [5.74, 6) is 0. The average Bonchev–Trinajstić information content (AvgIpc) is 2.14. The van der Waals surface area contributed by atoms with Gasteiger partial charge in [-0.1, -0.05) is 25.5 Å². The highest BCUT2D eigenvalue weighted by Crippen LogP contribution is 2.17. The molecule has 0 saturated carbocycles. The van der Waals surface area contributed by atoms with Gasteiger partial charge in [-0.2, -0.15) is 0 Å². The molecule has 0 radical (unpaired) electrons. The zero-order valence-electron chi connectivity index (χ0n) is 10.3. The van der Waals surface area contributed by atoms with E-state index in [2.05, 4.69) is 52.3 Å². The molecule has 1 nitrogen and oxygen atoms in total. The first-order valence-electron chi connectivity index (χ1n) is 5.45. The highest BCUT2D eigenvalue weighted by Gasteiger charge is 2.10. The van der Waals surface area contributed by atoms with Crippen molar-refractivity contribution in [3.05, 3.63) is 29.8 Å². The van der Waals surface area contributed by atoms with Crippen molar-refractivity contribution in [1.29, 1.82) is 0 Å². The number of halogens is 1. The van der Waals surface area contributed by atoms with E-state index in [-0.39, 0.29) is 24.0 Å². The maximum Gasteiger partial charge on any atom is 0.132 e. The largest absolute Gasteiger partial charge is 1.00 e. The van der Waals surface area contributed by atoms with Gasteiger partial charge in [-0.3, -0.25) is 4.48 Å². The first-order chi connectivity index (χ1) is 6.54. The van der Waals surface area contributed by atoms with Crippen molar-refractivity contribution in [2.75, 3.05) is 21.1 Å². The molecule has 0 amide bonds. The predicted octanol–water partition coefficient (Wildman–Crippen LogP) is 0.230. The Morgan fingerprint density at radius 1 is 1.00 bits per heavy atom. The van der Waals surface area contributed by atoms with Crippen molar-refractivity contribution < 1.29 is 24.0 Å². The van der Waals surface area contributed by atoms with Gasteiger partial charge in [0.25, 0.3) is 0 Å². The molecule has 0 bridgehead atoms. The fourth-order valence-corrected chi connectivity index (χ4v) is 1.49. The summed E-state index contributed by atoms with van der Waals surface area (Å²) in [6.07, 6.45) is 3.79. The molecule has 0 fully saturated rings. The number of aryl methyl sites for hydroxylation is 1. The molecule has 0 aliphatic heterocycles. The highest BCUT2D eigenvalue weighted by molar-refractivity contribution is 5.42. The Labute approximate surface area is 111 Å². The second-order valence-electron chi connectivity index (χ2n) is 4.78. The number of rotatable bonds is 4. The fourth-order valence-electron chi connectivity index (χ4n) is 1.49. The summed E-state index contributed by atoms with van der Waals surface area (Å²) in [5.41, 5.74) is 2.83. The summed E-state index contributed by atoms with van der Waals surface area (Å²) in [6.45, 7) is 2.24. The predicted molar refractivity (Wildman–Crippen MR) is 64.6 cm³/mol. The number of quaternary nitrogens is 1. The van der Waals surface area contributed by atoms with Crippen LogP contribution in [0.2, 0.25) is 0 Å². The average molecular weight is 319 g/mol. The van der Waals surface area contributed by atoms with Crippen molar-refractivity contribution in [1.82, 2.24) is 4.48 Å². The minimum absolute atomic E-state index is 0. The van der Waals surface area contributed by atoms with E-state index >= 15 is 0 Å². The Balaban J connectivity index is 0.00000196. The molecule has 0 aromatic heterocycles. The van der Waals surface area contributed by atoms with Crippen LogP contribution >= 0.6 is 0 Å². The summed E-state index contributed by atoms with van der Waals surface area (Å²) >= 11 is 0. The SMILES string of the molecule is CCCCc1ccc([N+](C)(C)C)cc1.[I-]. The smallest absolute Gasteiger partial charge is 0.132 e. The lowest BCUT2D eigenvalue weighted by Gasteiger charge is -2.23. The van der Waals surface area contributed by atoms with E-state index in [1.54, 1.807) is 0 Å². The number of hydrogen-bond acceptors (Lipinski definition) is 0. The van der Waals surface area contributed by atoms with E-state index in [9.17, 15) is 0 Å². The van der Waals surface area contributed by atoms with Gasteiger partial charge < -0.3 is 24.0 Å². The number of benzene rings is 1. The maximum absolute atomic E-state index is 2.26. The Morgan fingerprint density at radius 3 is 1.93 bits per heavy atom. The minimum Gasteiger partial charge on any atom is -1.00 e. The monoisotopic (exact) mass is 319 g/mol. The third kappa shape index (κ3) is 4.98. The molecule has 0 atom stereocenters. The van der Waals surface area contributed by atoms with E-state index in [1.165, 1.54) is 30.5 Å². The summed E-state index contributed by atoms with van der Waals surface area (Å²) in [7, 11) is 6.59. The molecule has 0 spiro atoms. The number of unbranched alkanes of at least 4 members (excludes halogenated alkanes) is 1. The summed E-state index contributed by atoms with van der Waals surface area (Å²) < 4.78 is 0.897. The molecule has 0 unspecified atom stereocenters. The van der Waals surface area contributed by atoms with Gasteiger partial charge in [-0.25, -0.2) is 0 Å². The van der Waals surface area contributed by atoms with Crippen molar-refractivity contribution in [2.45, 2.75) is 26.2 Å². The van der Waals surface area contributed by atoms with Gasteiger partial charge in [0.2, 0.25) is 0 Å². The first kappa shape index (κ1) is 14.9. The lowest BCUT2D eigenvalue weighted by atomic mass is 10.1. The Kier molecular flexibility index (Phi) is 6.44. The van der Waals surface area contributed by atoms with Crippen molar-refractivity contribution in [3.8, 4) is 0 Å². The zero-order valence-corrected chi connectivity index (χ0v) is 12.4. The standard InChI is InChI=1S/C13H22N.HI/c1-5-6-7-12-8-10-13(11-9-12)14(2,3)4;/h8-11H,5-7H2,1-4H3;1H/q+1;/p-1. The molecular formula is C13H22IN. The van der Waals surface area contributed by atoms with Crippen LogP contribution in [0.15, 0.2) is 24.3 Å². The third-order valence-electron chi connectivity index (χ3n) is 2.53. The highest BCUT2D eigenvalue weighted by atomic mass is 127. The van der Waals surface area contributed by atoms with Crippen LogP contribution in [0.3, 0.4) is 0 Å². The number of nitrogens with zero attached hydrogens (tertiary/aromatic N) is 1. The van der Waals surface area contributed by atoms with Gasteiger partial charge in [0.05, 0.1) is 21.1 Å². The van der Waals surface area contributed by atoms with Gasteiger partial charge >= 0.3 is 0 Å². The van der Waals surface area contributed by atoms with Crippen LogP contribution < -0.4 is 28.5 Å². The summed E-state index contributed by atoms with van der Waals surface area (Å²) in [6, 6.07) is 9.00. The van der Waals surface area contributed by atoms with Gasteiger partial charge in [0.15, 0.2) is 0 Å². The summed E-state index contributed by atoms with van der Waals surface area (Å²) in [5, 5.41) is 0. The van der Waals surface area contributed by atoms with Gasteiger partial charge in [-0.15, -0.1) is 0 Å². The zero-order chi connectivity index (χ0) is 10.6. The van der Waals surface area contributed by atoms with Crippen LogP contribution in [0.25, 0.3) is 0 Å². The second kappa shape index (κ2) is 6.48. The van der Waals surface area contributed by atoms with Crippen LogP contribution in [0.4, 0.5) is 5.69 Å². The van der Waals surface area contributed by atoms with Crippen LogP contribution in [-0.2, 0) is 6.42 Å². The maximum atomic E-state index is 2.26. The first-order valence-corrected chi connectivity index (χ1v) is 5.45. The lowest BCUT2D eigenvalue weighted by molar-refractivity contribution is -0.00000329. The molecular weight excluding hydrogens is 297 g/mol. The van der Waals surface area contributed by atoms with Gasteiger partial charge in [0.1, 0.15) is 5.69 Å². The second-order valence-corrected chi connectivity index (χ2v) is 4.78. The van der Waals surface area contributed by atoms with Crippen LogP contribution in [-0.4, -0.2) is 21.1 Å². The Morgan fingerprint density at radius 2 is 1.53 bits per heavy atom. The molecule has 2 heteroatoms. The normalized spacial score (nSPS) is 10.9. The van der Waals surface area contributed by atoms with Gasteiger partial charge in [0, 0.05) is 0 Å². The Hall–Kier alpha value is -0.0900. The topological polar surface area (TPSA) is 0 Å². The van der Waals surface area contributed by atoms with E-state index < -0.39 is 0 Å². The van der Waals surface area contributed by atoms with Crippen LogP contribution in [0.5, 0.6) is 0 Å². The van der Waals surface area contributed by atoms with Crippen molar-refractivity contribution in [2.24, 2.45) is 0 Å². The lowest BCUT2D eigenvalue weighted by Crippen LogP contribution is -3.00. The molecule has 0 heterocycles. The molecule has 1 aromatic rings. The molecule has 0 N–H and O–H groups in total. The molecule has 15 heavy (non-hydrogen) atoms. The minimum atomic E-state index is 0. The third-order valence-corrected chi connectivity index (χ3v) is 2.53. The van der Waals surface area contributed by atoms with Crippen molar-refractivity contribution in [3.63, 3.8) is 0 Å². The molecule has 0 aliphatic carbocycles. The fraction of sp³-hybridized carbons (Fsp3) is 0.538. The quantitative estimate of drug-likeness (QED) is 0.551. The van der Waals surface area contributed by atoms with E-state index in [0.717, 1.165) is 4.48 Å². The van der Waals surface area contributed by atoms with Gasteiger partial charge in [-0.05, 0) is 30.5 Å². The number of hydrogen-bond donors (Lipinski definition) is 0. The molecule has 0 saturated heterocycles. The van der Waals surface area contributed by atoms with Crippen molar-refractivity contribution >= 4 is 5.69 Å². The molecule has 1 aromatic carbocycles. The van der Waals surface area contributed by atoms with Crippen LogP contribution in [0.1, 0.15) is 25.3 Å². The molecule has 1 rings (SSSR count). The Bertz CT molecular complexity index is 272. The molecule has 0 aliphatic rings. The van der Waals surface area contributed by atoms with Crippen LogP contribution in [0, 0.1) is 0 Å². The van der Waals surface area contributed by atoms with E-state index in [1.807, 2.05) is 0 Å². The molecule has 86 valence electrons. The summed E-state index contributed by atoms with van der Waals surface area (Å²) in [4.78, 5) is 0.